The molecule has 0 radical (unpaired) electrons. The van der Waals surface area contributed by atoms with Gasteiger partial charge >= 0.3 is 6.09 Å². The van der Waals surface area contributed by atoms with Gasteiger partial charge in [-0.15, -0.1) is 0 Å². The summed E-state index contributed by atoms with van der Waals surface area (Å²) in [6.07, 6.45) is 1.83. The van der Waals surface area contributed by atoms with Crippen LogP contribution in [0.5, 0.6) is 0 Å². The molecule has 0 bridgehead atoms. The van der Waals surface area contributed by atoms with Gasteiger partial charge in [0, 0.05) is 17.8 Å². The maximum absolute atomic E-state index is 13.6. The van der Waals surface area contributed by atoms with Crippen molar-refractivity contribution in [3.05, 3.63) is 35.4 Å². The number of carbonyl (C=O) groups is 3. The maximum atomic E-state index is 13.6. The van der Waals surface area contributed by atoms with Gasteiger partial charge in [0.15, 0.2) is 0 Å². The van der Waals surface area contributed by atoms with Crippen molar-refractivity contribution in [2.45, 2.75) is 90.6 Å². The third-order valence-corrected chi connectivity index (χ3v) is 5.39. The van der Waals surface area contributed by atoms with Crippen LogP contribution in [0.4, 0.5) is 4.79 Å². The minimum atomic E-state index is -0.905. The van der Waals surface area contributed by atoms with E-state index in [0.29, 0.717) is 0 Å². The minimum Gasteiger partial charge on any atom is -0.444 e. The SMILES string of the molecule is CCc1ccc(C(C(=O)NC(C)C)N(C(=O)C(CS)NC(=O)OC(C)(C)C)C2CC2)cc1. The van der Waals surface area contributed by atoms with Crippen LogP contribution in [0, 0.1) is 0 Å². The highest BCUT2D eigenvalue weighted by atomic mass is 32.1. The van der Waals surface area contributed by atoms with Gasteiger partial charge < -0.3 is 20.3 Å². The van der Waals surface area contributed by atoms with Crippen LogP contribution in [0.1, 0.15) is 71.6 Å². The molecule has 1 aliphatic rings. The fourth-order valence-electron chi connectivity index (χ4n) is 3.42. The summed E-state index contributed by atoms with van der Waals surface area (Å²) in [5.74, 6) is -0.481. The third kappa shape index (κ3) is 7.43. The number of nitrogens with one attached hydrogen (secondary N) is 2. The molecule has 2 atom stereocenters. The van der Waals surface area contributed by atoms with E-state index < -0.39 is 23.8 Å². The zero-order valence-electron chi connectivity index (χ0n) is 20.0. The number of amides is 3. The zero-order valence-corrected chi connectivity index (χ0v) is 20.9. The molecular weight excluding hydrogens is 426 g/mol. The lowest BCUT2D eigenvalue weighted by molar-refractivity contribution is -0.143. The molecule has 8 heteroatoms. The first-order chi connectivity index (χ1) is 15.0. The number of carbonyl (C=O) groups excluding carboxylic acids is 3. The van der Waals surface area contributed by atoms with Crippen molar-refractivity contribution in [2.75, 3.05) is 5.75 Å². The molecule has 2 N–H and O–H groups in total. The Labute approximate surface area is 197 Å². The Morgan fingerprint density at radius 1 is 1.12 bits per heavy atom. The van der Waals surface area contributed by atoms with Gasteiger partial charge in [0.25, 0.3) is 0 Å². The fourth-order valence-corrected chi connectivity index (χ4v) is 3.67. The molecule has 1 fully saturated rings. The second kappa shape index (κ2) is 11.1. The van der Waals surface area contributed by atoms with Crippen molar-refractivity contribution in [3.63, 3.8) is 0 Å². The first kappa shape index (κ1) is 26.0. The Morgan fingerprint density at radius 2 is 1.72 bits per heavy atom. The number of aryl methyl sites for hydroxylation is 1. The largest absolute Gasteiger partial charge is 0.444 e. The Balaban J connectivity index is 2.36. The molecule has 2 rings (SSSR count). The predicted octanol–water partition coefficient (Wildman–Crippen LogP) is 3.63. The van der Waals surface area contributed by atoms with Gasteiger partial charge in [-0.05, 0) is 65.0 Å². The summed E-state index contributed by atoms with van der Waals surface area (Å²) in [5, 5.41) is 5.58. The summed E-state index contributed by atoms with van der Waals surface area (Å²) < 4.78 is 5.31. The van der Waals surface area contributed by atoms with Gasteiger partial charge in [-0.2, -0.15) is 12.6 Å². The topological polar surface area (TPSA) is 87.7 Å². The number of rotatable bonds is 9. The Hall–Kier alpha value is -2.22. The van der Waals surface area contributed by atoms with E-state index in [2.05, 4.69) is 30.2 Å². The summed E-state index contributed by atoms with van der Waals surface area (Å²) >= 11 is 4.30. The van der Waals surface area contributed by atoms with E-state index in [9.17, 15) is 14.4 Å². The molecule has 0 heterocycles. The van der Waals surface area contributed by atoms with Gasteiger partial charge in [0.2, 0.25) is 11.8 Å². The average molecular weight is 464 g/mol. The van der Waals surface area contributed by atoms with Crippen LogP contribution in [-0.2, 0) is 20.7 Å². The van der Waals surface area contributed by atoms with Crippen LogP contribution in [0.3, 0.4) is 0 Å². The van der Waals surface area contributed by atoms with Crippen LogP contribution in [-0.4, -0.2) is 52.3 Å². The molecule has 0 saturated heterocycles. The van der Waals surface area contributed by atoms with Crippen LogP contribution < -0.4 is 10.6 Å². The summed E-state index contributed by atoms with van der Waals surface area (Å²) in [7, 11) is 0. The number of alkyl carbamates (subject to hydrolysis) is 1. The highest BCUT2D eigenvalue weighted by Crippen LogP contribution is 2.36. The number of nitrogens with zero attached hydrogens (tertiary/aromatic N) is 1. The molecule has 0 spiro atoms. The second-order valence-electron chi connectivity index (χ2n) is 9.52. The Kier molecular flexibility index (Phi) is 9.01. The van der Waals surface area contributed by atoms with Crippen molar-refractivity contribution in [1.29, 1.82) is 0 Å². The van der Waals surface area contributed by atoms with Crippen LogP contribution in [0.15, 0.2) is 24.3 Å². The molecule has 178 valence electrons. The quantitative estimate of drug-likeness (QED) is 0.488. The van der Waals surface area contributed by atoms with E-state index in [4.69, 9.17) is 4.74 Å². The van der Waals surface area contributed by atoms with Crippen molar-refractivity contribution in [2.24, 2.45) is 0 Å². The first-order valence-electron chi connectivity index (χ1n) is 11.3. The Morgan fingerprint density at radius 3 is 2.16 bits per heavy atom. The molecule has 2 unspecified atom stereocenters. The van der Waals surface area contributed by atoms with Crippen LogP contribution in [0.25, 0.3) is 0 Å². The molecular formula is C24H37N3O4S. The van der Waals surface area contributed by atoms with E-state index >= 15 is 0 Å². The molecule has 3 amide bonds. The van der Waals surface area contributed by atoms with E-state index in [0.717, 1.165) is 30.4 Å². The standard InChI is InChI=1S/C24H37N3O4S/c1-7-16-8-10-17(11-9-16)20(21(28)25-15(2)3)27(18-12-13-18)22(29)19(14-32)26-23(30)31-24(4,5)6/h8-11,15,18-20,32H,7,12-14H2,1-6H3,(H,25,28)(H,26,30). The first-order valence-corrected chi connectivity index (χ1v) is 11.9. The molecule has 1 aliphatic carbocycles. The lowest BCUT2D eigenvalue weighted by Crippen LogP contribution is -2.54. The molecule has 0 aromatic heterocycles. The molecule has 1 saturated carbocycles. The fraction of sp³-hybridized carbons (Fsp3) is 0.625. The van der Waals surface area contributed by atoms with Crippen LogP contribution in [0.2, 0.25) is 0 Å². The average Bonchev–Trinajstić information content (AvgIpc) is 3.52. The van der Waals surface area contributed by atoms with Crippen molar-refractivity contribution in [1.82, 2.24) is 15.5 Å². The molecule has 0 aliphatic heterocycles. The summed E-state index contributed by atoms with van der Waals surface area (Å²) in [4.78, 5) is 40.8. The smallest absolute Gasteiger partial charge is 0.408 e. The lowest BCUT2D eigenvalue weighted by Gasteiger charge is -2.34. The highest BCUT2D eigenvalue weighted by molar-refractivity contribution is 7.80. The van der Waals surface area contributed by atoms with Crippen molar-refractivity contribution < 1.29 is 19.1 Å². The molecule has 7 nitrogen and oxygen atoms in total. The summed E-state index contributed by atoms with van der Waals surface area (Å²) in [5.41, 5.74) is 1.21. The summed E-state index contributed by atoms with van der Waals surface area (Å²) in [6, 6.07) is 5.96. The minimum absolute atomic E-state index is 0.0564. The number of hydrogen-bond donors (Lipinski definition) is 3. The van der Waals surface area contributed by atoms with E-state index in [1.54, 1.807) is 25.7 Å². The van der Waals surface area contributed by atoms with Crippen molar-refractivity contribution >= 4 is 30.5 Å². The van der Waals surface area contributed by atoms with Gasteiger partial charge in [-0.25, -0.2) is 4.79 Å². The normalized spacial score (nSPS) is 15.6. The Bertz CT molecular complexity index is 800. The van der Waals surface area contributed by atoms with Crippen molar-refractivity contribution in [3.8, 4) is 0 Å². The number of thiol groups is 1. The predicted molar refractivity (Wildman–Crippen MR) is 129 cm³/mol. The third-order valence-electron chi connectivity index (χ3n) is 5.03. The molecule has 1 aromatic carbocycles. The molecule has 32 heavy (non-hydrogen) atoms. The van der Waals surface area contributed by atoms with Gasteiger partial charge in [0.05, 0.1) is 0 Å². The summed E-state index contributed by atoms with van der Waals surface area (Å²) in [6.45, 7) is 11.1. The van der Waals surface area contributed by atoms with E-state index in [-0.39, 0.29) is 29.7 Å². The maximum Gasteiger partial charge on any atom is 0.408 e. The van der Waals surface area contributed by atoms with Gasteiger partial charge in [-0.1, -0.05) is 31.2 Å². The van der Waals surface area contributed by atoms with E-state index in [1.807, 2.05) is 38.1 Å². The van der Waals surface area contributed by atoms with Crippen LogP contribution >= 0.6 is 12.6 Å². The van der Waals surface area contributed by atoms with Gasteiger partial charge in [0.1, 0.15) is 17.7 Å². The number of hydrogen-bond acceptors (Lipinski definition) is 5. The zero-order chi connectivity index (χ0) is 24.1. The highest BCUT2D eigenvalue weighted by Gasteiger charge is 2.43. The van der Waals surface area contributed by atoms with Gasteiger partial charge in [-0.3, -0.25) is 9.59 Å². The number of ether oxygens (including phenoxy) is 1. The lowest BCUT2D eigenvalue weighted by atomic mass is 10.00. The number of benzene rings is 1. The molecule has 1 aromatic rings. The monoisotopic (exact) mass is 463 g/mol. The second-order valence-corrected chi connectivity index (χ2v) is 9.88. The van der Waals surface area contributed by atoms with E-state index in [1.165, 1.54) is 0 Å².